The minimum Gasteiger partial charge on any atom is -0.445 e. The topological polar surface area (TPSA) is 109 Å². The summed E-state index contributed by atoms with van der Waals surface area (Å²) in [6.45, 7) is 0.339. The third-order valence-electron chi connectivity index (χ3n) is 3.54. The maximum atomic E-state index is 13.4. The van der Waals surface area contributed by atoms with Crippen LogP contribution in [0.3, 0.4) is 0 Å². The molecule has 3 amide bonds. The molecule has 0 atom stereocenters. The Kier molecular flexibility index (Phi) is 8.38. The van der Waals surface area contributed by atoms with Crippen LogP contribution in [0, 0.1) is 5.82 Å². The van der Waals surface area contributed by atoms with Gasteiger partial charge in [-0.1, -0.05) is 30.3 Å². The lowest BCUT2D eigenvalue weighted by molar-refractivity contribution is -0.129. The molecule has 0 spiro atoms. The summed E-state index contributed by atoms with van der Waals surface area (Å²) in [5.41, 5.74) is 0.956. The zero-order valence-corrected chi connectivity index (χ0v) is 15.1. The number of alkyl carbamates (subject to hydrolysis) is 1. The van der Waals surface area contributed by atoms with E-state index in [0.717, 1.165) is 5.56 Å². The van der Waals surface area contributed by atoms with E-state index in [4.69, 9.17) is 4.74 Å². The number of rotatable bonds is 9. The molecule has 1 aromatic carbocycles. The van der Waals surface area contributed by atoms with Crippen LogP contribution in [-0.2, 0) is 27.5 Å². The Labute approximate surface area is 161 Å². The molecule has 1 aromatic heterocycles. The molecule has 0 unspecified atom stereocenters. The van der Waals surface area contributed by atoms with Gasteiger partial charge in [0, 0.05) is 19.3 Å². The maximum Gasteiger partial charge on any atom is 0.407 e. The quantitative estimate of drug-likeness (QED) is 0.443. The summed E-state index contributed by atoms with van der Waals surface area (Å²) >= 11 is 0. The van der Waals surface area contributed by atoms with Gasteiger partial charge in [0.15, 0.2) is 0 Å². The average Bonchev–Trinajstić information content (AvgIpc) is 2.70. The van der Waals surface area contributed by atoms with Gasteiger partial charge < -0.3 is 20.7 Å². The molecule has 1 heterocycles. The van der Waals surface area contributed by atoms with Gasteiger partial charge in [0.1, 0.15) is 18.8 Å². The van der Waals surface area contributed by atoms with Crippen LogP contribution in [0.5, 0.6) is 0 Å². The number of hydrogen-bond acceptors (Lipinski definition) is 5. The van der Waals surface area contributed by atoms with Crippen LogP contribution >= 0.6 is 0 Å². The van der Waals surface area contributed by atoms with Gasteiger partial charge in [0.2, 0.25) is 11.8 Å². The molecular weight excluding hydrogens is 367 g/mol. The number of pyridine rings is 1. The Morgan fingerprint density at radius 1 is 0.929 bits per heavy atom. The molecule has 0 radical (unpaired) electrons. The van der Waals surface area contributed by atoms with E-state index >= 15 is 0 Å². The zero-order valence-electron chi connectivity index (χ0n) is 15.1. The lowest BCUT2D eigenvalue weighted by Crippen LogP contribution is -2.37. The third-order valence-corrected chi connectivity index (χ3v) is 3.54. The van der Waals surface area contributed by atoms with Crippen molar-refractivity contribution in [2.45, 2.75) is 19.6 Å². The fourth-order valence-corrected chi connectivity index (χ4v) is 2.14. The first kappa shape index (κ1) is 20.8. The van der Waals surface area contributed by atoms with Gasteiger partial charge in [0.05, 0.1) is 12.2 Å². The highest BCUT2D eigenvalue weighted by molar-refractivity contribution is 5.96. The van der Waals surface area contributed by atoms with Crippen molar-refractivity contribution >= 4 is 17.9 Å². The second kappa shape index (κ2) is 11.3. The van der Waals surface area contributed by atoms with Gasteiger partial charge in [-0.05, 0) is 17.7 Å². The summed E-state index contributed by atoms with van der Waals surface area (Å²) < 4.78 is 18.4. The van der Waals surface area contributed by atoms with Gasteiger partial charge >= 0.3 is 6.09 Å². The highest BCUT2D eigenvalue weighted by Crippen LogP contribution is 2.02. The van der Waals surface area contributed by atoms with Crippen LogP contribution in [0.1, 0.15) is 17.7 Å². The van der Waals surface area contributed by atoms with Crippen molar-refractivity contribution in [3.8, 4) is 0 Å². The normalized spacial score (nSPS) is 10.0. The molecule has 28 heavy (non-hydrogen) atoms. The first-order chi connectivity index (χ1) is 13.5. The van der Waals surface area contributed by atoms with Crippen LogP contribution in [0.2, 0.25) is 0 Å². The van der Waals surface area contributed by atoms with E-state index in [1.807, 2.05) is 30.3 Å². The van der Waals surface area contributed by atoms with Crippen molar-refractivity contribution in [2.75, 3.05) is 13.1 Å². The largest absolute Gasteiger partial charge is 0.445 e. The number of carbonyl (C=O) groups is 3. The van der Waals surface area contributed by atoms with E-state index < -0.39 is 30.1 Å². The fourth-order valence-electron chi connectivity index (χ4n) is 2.14. The number of carbonyl (C=O) groups excluding carboxylic acids is 3. The minimum absolute atomic E-state index is 0.0921. The Morgan fingerprint density at radius 3 is 2.39 bits per heavy atom. The Balaban J connectivity index is 1.55. The maximum absolute atomic E-state index is 13.4. The first-order valence-electron chi connectivity index (χ1n) is 8.62. The molecule has 0 saturated carbocycles. The predicted molar refractivity (Wildman–Crippen MR) is 98.3 cm³/mol. The Hall–Kier alpha value is -3.49. The zero-order chi connectivity index (χ0) is 20.2. The van der Waals surface area contributed by atoms with E-state index in [9.17, 15) is 18.8 Å². The summed E-state index contributed by atoms with van der Waals surface area (Å²) in [7, 11) is 0. The van der Waals surface area contributed by atoms with Crippen molar-refractivity contribution in [1.29, 1.82) is 0 Å². The molecule has 8 nitrogen and oxygen atoms in total. The van der Waals surface area contributed by atoms with Gasteiger partial charge in [-0.3, -0.25) is 14.6 Å². The molecule has 0 aliphatic carbocycles. The number of halogens is 1. The highest BCUT2D eigenvalue weighted by Gasteiger charge is 2.10. The second-order valence-corrected chi connectivity index (χ2v) is 5.72. The number of benzene rings is 1. The van der Waals surface area contributed by atoms with E-state index in [1.54, 1.807) is 0 Å². The first-order valence-corrected chi connectivity index (χ1v) is 8.62. The lowest BCUT2D eigenvalue weighted by Gasteiger charge is -2.09. The van der Waals surface area contributed by atoms with Crippen molar-refractivity contribution in [2.24, 2.45) is 0 Å². The number of amides is 3. The van der Waals surface area contributed by atoms with Crippen molar-refractivity contribution in [3.63, 3.8) is 0 Å². The van der Waals surface area contributed by atoms with Crippen LogP contribution < -0.4 is 16.0 Å². The van der Waals surface area contributed by atoms with Gasteiger partial charge in [-0.15, -0.1) is 0 Å². The fraction of sp³-hybridized carbons (Fsp3) is 0.263. The summed E-state index contributed by atoms with van der Waals surface area (Å²) in [5, 5.41) is 7.40. The standard InChI is InChI=1S/C19H21FN4O4/c20-15-7-4-8-21-16(15)12-24-18(26)11-17(25)22-9-10-23-19(27)28-13-14-5-2-1-3-6-14/h1-8H,9-13H2,(H,22,25)(H,23,27)(H,24,26). The Morgan fingerprint density at radius 2 is 1.64 bits per heavy atom. The lowest BCUT2D eigenvalue weighted by atomic mass is 10.2. The predicted octanol–water partition coefficient (Wildman–Crippen LogP) is 1.27. The monoisotopic (exact) mass is 388 g/mol. The molecule has 9 heteroatoms. The van der Waals surface area contributed by atoms with E-state index in [-0.39, 0.29) is 31.9 Å². The SMILES string of the molecule is O=C(CC(=O)NCc1ncccc1F)NCCNC(=O)OCc1ccccc1. The van der Waals surface area contributed by atoms with Crippen LogP contribution in [-0.4, -0.2) is 36.0 Å². The van der Waals surface area contributed by atoms with Gasteiger partial charge in [-0.25, -0.2) is 9.18 Å². The van der Waals surface area contributed by atoms with Crippen LogP contribution in [0.25, 0.3) is 0 Å². The second-order valence-electron chi connectivity index (χ2n) is 5.72. The van der Waals surface area contributed by atoms with Crippen molar-refractivity contribution < 1.29 is 23.5 Å². The summed E-state index contributed by atoms with van der Waals surface area (Å²) in [4.78, 5) is 38.7. The van der Waals surface area contributed by atoms with E-state index in [0.29, 0.717) is 0 Å². The smallest absolute Gasteiger partial charge is 0.407 e. The molecule has 148 valence electrons. The van der Waals surface area contributed by atoms with Crippen LogP contribution in [0.4, 0.5) is 9.18 Å². The summed E-state index contributed by atoms with van der Waals surface area (Å²) in [6, 6.07) is 11.9. The van der Waals surface area contributed by atoms with E-state index in [2.05, 4.69) is 20.9 Å². The highest BCUT2D eigenvalue weighted by atomic mass is 19.1. The summed E-state index contributed by atoms with van der Waals surface area (Å²) in [6.07, 6.45) is 0.399. The van der Waals surface area contributed by atoms with Crippen LogP contribution in [0.15, 0.2) is 48.7 Å². The molecule has 0 fully saturated rings. The molecule has 0 aliphatic rings. The minimum atomic E-state index is -0.603. The molecule has 0 aliphatic heterocycles. The molecule has 2 rings (SSSR count). The van der Waals surface area contributed by atoms with Gasteiger partial charge in [0.25, 0.3) is 0 Å². The third kappa shape index (κ3) is 7.81. The molecule has 3 N–H and O–H groups in total. The van der Waals surface area contributed by atoms with Gasteiger partial charge in [-0.2, -0.15) is 0 Å². The molecular formula is C19H21FN4O4. The number of nitrogens with zero attached hydrogens (tertiary/aromatic N) is 1. The van der Waals surface area contributed by atoms with E-state index in [1.165, 1.54) is 18.3 Å². The summed E-state index contributed by atoms with van der Waals surface area (Å²) in [5.74, 6) is -1.60. The number of hydrogen-bond donors (Lipinski definition) is 3. The Bertz CT molecular complexity index is 802. The number of ether oxygens (including phenoxy) is 1. The molecule has 0 bridgehead atoms. The number of nitrogens with one attached hydrogen (secondary N) is 3. The van der Waals surface area contributed by atoms with Crippen molar-refractivity contribution in [3.05, 3.63) is 65.7 Å². The molecule has 2 aromatic rings. The molecule has 0 saturated heterocycles. The average molecular weight is 388 g/mol. The number of aromatic nitrogens is 1. The van der Waals surface area contributed by atoms with Crippen molar-refractivity contribution in [1.82, 2.24) is 20.9 Å².